The number of hydrogen-bond acceptors (Lipinski definition) is 8. The second-order valence-corrected chi connectivity index (χ2v) is 5.34. The summed E-state index contributed by atoms with van der Waals surface area (Å²) in [6.45, 7) is 10.9. The minimum absolute atomic E-state index is 0.193. The molecule has 0 heterocycles. The van der Waals surface area contributed by atoms with E-state index in [0.29, 0.717) is 64.8 Å². The maximum atomic E-state index is 11.1. The molecule has 0 aliphatic heterocycles. The Labute approximate surface area is 155 Å². The lowest BCUT2D eigenvalue weighted by Crippen LogP contribution is -2.15. The van der Waals surface area contributed by atoms with Crippen LogP contribution < -0.4 is 0 Å². The topological polar surface area (TPSA) is 89.5 Å². The number of esters is 2. The summed E-state index contributed by atoms with van der Waals surface area (Å²) in [6.07, 6.45) is 1.23. The highest BCUT2D eigenvalue weighted by Gasteiger charge is 2.02. The van der Waals surface area contributed by atoms with Crippen LogP contribution in [0.3, 0.4) is 0 Å². The van der Waals surface area contributed by atoms with Crippen LogP contribution in [0.25, 0.3) is 0 Å². The zero-order chi connectivity index (χ0) is 19.5. The van der Waals surface area contributed by atoms with Gasteiger partial charge in [-0.15, -0.1) is 0 Å². The predicted molar refractivity (Wildman–Crippen MR) is 94.9 cm³/mol. The molecule has 0 bridgehead atoms. The Morgan fingerprint density at radius 3 is 1.46 bits per heavy atom. The molecule has 0 spiro atoms. The molecule has 0 aliphatic rings. The summed E-state index contributed by atoms with van der Waals surface area (Å²) in [4.78, 5) is 22.2. The van der Waals surface area contributed by atoms with Crippen LogP contribution in [-0.2, 0) is 38.0 Å². The van der Waals surface area contributed by atoms with Crippen LogP contribution in [0.5, 0.6) is 0 Å². The van der Waals surface area contributed by atoms with Gasteiger partial charge in [-0.05, 0) is 13.3 Å². The van der Waals surface area contributed by atoms with Gasteiger partial charge in [-0.25, -0.2) is 4.79 Å². The maximum Gasteiger partial charge on any atom is 0.333 e. The van der Waals surface area contributed by atoms with Crippen molar-refractivity contribution in [2.75, 3.05) is 66.1 Å². The molecule has 0 saturated heterocycles. The van der Waals surface area contributed by atoms with Gasteiger partial charge in [0.1, 0.15) is 13.2 Å². The Balaban J connectivity index is 3.12. The van der Waals surface area contributed by atoms with Crippen LogP contribution in [0.2, 0.25) is 0 Å². The SMILES string of the molecule is C=C(C)C(=O)OCCOCCOCCOCCOCCOC(=O)CCC. The van der Waals surface area contributed by atoms with Crippen molar-refractivity contribution in [2.24, 2.45) is 0 Å². The molecule has 152 valence electrons. The van der Waals surface area contributed by atoms with E-state index < -0.39 is 5.97 Å². The number of carbonyl (C=O) groups excluding carboxylic acids is 2. The van der Waals surface area contributed by atoms with Gasteiger partial charge in [0.15, 0.2) is 0 Å². The van der Waals surface area contributed by atoms with Gasteiger partial charge in [0.25, 0.3) is 0 Å². The average molecular weight is 376 g/mol. The molecule has 8 nitrogen and oxygen atoms in total. The smallest absolute Gasteiger partial charge is 0.333 e. The zero-order valence-corrected chi connectivity index (χ0v) is 16.0. The van der Waals surface area contributed by atoms with Crippen LogP contribution in [0.4, 0.5) is 0 Å². The quantitative estimate of drug-likeness (QED) is 0.202. The van der Waals surface area contributed by atoms with E-state index in [2.05, 4.69) is 6.58 Å². The molecule has 0 aromatic rings. The molecule has 0 aromatic carbocycles. The van der Waals surface area contributed by atoms with Gasteiger partial charge in [0.05, 0.1) is 52.9 Å². The van der Waals surface area contributed by atoms with E-state index in [1.54, 1.807) is 6.92 Å². The van der Waals surface area contributed by atoms with Crippen LogP contribution in [0.15, 0.2) is 12.2 Å². The molecule has 0 atom stereocenters. The third kappa shape index (κ3) is 17.3. The van der Waals surface area contributed by atoms with Crippen LogP contribution in [0.1, 0.15) is 26.7 Å². The number of rotatable bonds is 18. The number of carbonyl (C=O) groups is 2. The zero-order valence-electron chi connectivity index (χ0n) is 16.0. The summed E-state index contributed by atoms with van der Waals surface area (Å²) in [5, 5.41) is 0. The summed E-state index contributed by atoms with van der Waals surface area (Å²) >= 11 is 0. The highest BCUT2D eigenvalue weighted by Crippen LogP contribution is 1.92. The van der Waals surface area contributed by atoms with Gasteiger partial charge in [0, 0.05) is 12.0 Å². The summed E-state index contributed by atoms with van der Waals surface area (Å²) in [7, 11) is 0. The van der Waals surface area contributed by atoms with Crippen molar-refractivity contribution in [1.29, 1.82) is 0 Å². The third-order valence-corrected chi connectivity index (χ3v) is 2.87. The maximum absolute atomic E-state index is 11.1. The molecule has 0 rings (SSSR count). The molecule has 8 heteroatoms. The Morgan fingerprint density at radius 2 is 1.08 bits per heavy atom. The van der Waals surface area contributed by atoms with E-state index in [1.165, 1.54) is 0 Å². The fraction of sp³-hybridized carbons (Fsp3) is 0.778. The molecular formula is C18H32O8. The molecule has 0 saturated carbocycles. The molecule has 0 N–H and O–H groups in total. The third-order valence-electron chi connectivity index (χ3n) is 2.87. The lowest BCUT2D eigenvalue weighted by molar-refractivity contribution is -0.145. The van der Waals surface area contributed by atoms with E-state index >= 15 is 0 Å². The summed E-state index contributed by atoms with van der Waals surface area (Å²) in [6, 6.07) is 0. The van der Waals surface area contributed by atoms with Crippen molar-refractivity contribution in [1.82, 2.24) is 0 Å². The largest absolute Gasteiger partial charge is 0.463 e. The lowest BCUT2D eigenvalue weighted by atomic mass is 10.3. The van der Waals surface area contributed by atoms with Crippen LogP contribution in [0, 0.1) is 0 Å². The molecular weight excluding hydrogens is 344 g/mol. The number of hydrogen-bond donors (Lipinski definition) is 0. The Kier molecular flexibility index (Phi) is 17.3. The van der Waals surface area contributed by atoms with Crippen molar-refractivity contribution in [2.45, 2.75) is 26.7 Å². The van der Waals surface area contributed by atoms with Gasteiger partial charge in [0.2, 0.25) is 0 Å². The highest BCUT2D eigenvalue weighted by molar-refractivity contribution is 5.86. The first-order valence-corrected chi connectivity index (χ1v) is 8.87. The van der Waals surface area contributed by atoms with Gasteiger partial charge in [-0.2, -0.15) is 0 Å². The first-order valence-electron chi connectivity index (χ1n) is 8.87. The fourth-order valence-electron chi connectivity index (χ4n) is 1.57. The Hall–Kier alpha value is -1.48. The van der Waals surface area contributed by atoms with Gasteiger partial charge in [-0.1, -0.05) is 13.5 Å². The monoisotopic (exact) mass is 376 g/mol. The molecule has 0 radical (unpaired) electrons. The second-order valence-electron chi connectivity index (χ2n) is 5.34. The minimum atomic E-state index is -0.413. The molecule has 26 heavy (non-hydrogen) atoms. The minimum Gasteiger partial charge on any atom is -0.463 e. The molecule has 0 aliphatic carbocycles. The standard InChI is InChI=1S/C18H32O8/c1-4-5-17(19)25-14-12-23-10-8-21-6-7-22-9-11-24-13-15-26-18(20)16(2)3/h2,4-15H2,1,3H3. The highest BCUT2D eigenvalue weighted by atomic mass is 16.6. The summed E-state index contributed by atoms with van der Waals surface area (Å²) in [5.41, 5.74) is 0.370. The first kappa shape index (κ1) is 24.5. The van der Waals surface area contributed by atoms with E-state index in [-0.39, 0.29) is 19.2 Å². The molecule has 0 unspecified atom stereocenters. The predicted octanol–water partition coefficient (Wildman–Crippen LogP) is 1.52. The summed E-state index contributed by atoms with van der Waals surface area (Å²) < 4.78 is 31.0. The van der Waals surface area contributed by atoms with Gasteiger partial charge >= 0.3 is 11.9 Å². The van der Waals surface area contributed by atoms with E-state index in [9.17, 15) is 9.59 Å². The van der Waals surface area contributed by atoms with Crippen LogP contribution in [-0.4, -0.2) is 78.0 Å². The normalized spacial score (nSPS) is 10.5. The Morgan fingerprint density at radius 1 is 0.692 bits per heavy atom. The van der Waals surface area contributed by atoms with E-state index in [1.807, 2.05) is 6.92 Å². The Bertz CT molecular complexity index is 383. The first-order chi connectivity index (χ1) is 12.6. The van der Waals surface area contributed by atoms with Gasteiger partial charge in [-0.3, -0.25) is 4.79 Å². The van der Waals surface area contributed by atoms with E-state index in [0.717, 1.165) is 6.42 Å². The van der Waals surface area contributed by atoms with Crippen molar-refractivity contribution < 1.29 is 38.0 Å². The van der Waals surface area contributed by atoms with Crippen molar-refractivity contribution in [3.63, 3.8) is 0 Å². The lowest BCUT2D eigenvalue weighted by Gasteiger charge is -2.08. The van der Waals surface area contributed by atoms with Crippen molar-refractivity contribution in [3.8, 4) is 0 Å². The second kappa shape index (κ2) is 18.3. The molecule has 0 aromatic heterocycles. The fourth-order valence-corrected chi connectivity index (χ4v) is 1.57. The van der Waals surface area contributed by atoms with Crippen molar-refractivity contribution in [3.05, 3.63) is 12.2 Å². The van der Waals surface area contributed by atoms with Crippen LogP contribution >= 0.6 is 0 Å². The number of ether oxygens (including phenoxy) is 6. The van der Waals surface area contributed by atoms with Crippen molar-refractivity contribution >= 4 is 11.9 Å². The summed E-state index contributed by atoms with van der Waals surface area (Å²) in [5.74, 6) is -0.607. The average Bonchev–Trinajstić information content (AvgIpc) is 2.61. The molecule has 0 fully saturated rings. The molecule has 0 amide bonds. The van der Waals surface area contributed by atoms with E-state index in [4.69, 9.17) is 28.4 Å². The van der Waals surface area contributed by atoms with Gasteiger partial charge < -0.3 is 28.4 Å².